The van der Waals surface area contributed by atoms with Gasteiger partial charge in [-0.2, -0.15) is 0 Å². The molecule has 1 aliphatic heterocycles. The van der Waals surface area contributed by atoms with Crippen molar-refractivity contribution in [3.8, 4) is 0 Å². The number of hydrogen-bond acceptors (Lipinski definition) is 4. The molecular weight excluding hydrogens is 244 g/mol. The number of ether oxygens (including phenoxy) is 1. The summed E-state index contributed by atoms with van der Waals surface area (Å²) in [5, 5.41) is 12.1. The third-order valence-corrected chi connectivity index (χ3v) is 3.91. The minimum atomic E-state index is -0.332. The highest BCUT2D eigenvalue weighted by Gasteiger charge is 2.30. The summed E-state index contributed by atoms with van der Waals surface area (Å²) >= 11 is 0. The number of alkyl carbamates (subject to hydrolysis) is 1. The molecule has 1 aliphatic rings. The second kappa shape index (κ2) is 8.38. The molecule has 0 spiro atoms. The maximum atomic E-state index is 11.5. The second-order valence-corrected chi connectivity index (χ2v) is 5.39. The Labute approximate surface area is 116 Å². The van der Waals surface area contributed by atoms with Crippen molar-refractivity contribution in [1.82, 2.24) is 10.2 Å². The van der Waals surface area contributed by atoms with Crippen molar-refractivity contribution < 1.29 is 14.6 Å². The molecule has 0 bridgehead atoms. The summed E-state index contributed by atoms with van der Waals surface area (Å²) in [5.41, 5.74) is 0. The lowest BCUT2D eigenvalue weighted by atomic mass is 9.90. The van der Waals surface area contributed by atoms with E-state index in [4.69, 9.17) is 9.84 Å². The smallest absolute Gasteiger partial charge is 0.407 e. The van der Waals surface area contributed by atoms with Crippen molar-refractivity contribution in [1.29, 1.82) is 0 Å². The number of carbonyl (C=O) groups excluding carboxylic acids is 1. The average Bonchev–Trinajstić information content (AvgIpc) is 2.38. The number of amides is 1. The molecule has 1 amide bonds. The molecule has 0 aromatic carbocycles. The lowest BCUT2D eigenvalue weighted by molar-refractivity contribution is 0.0826. The van der Waals surface area contributed by atoms with Gasteiger partial charge in [0.15, 0.2) is 0 Å². The summed E-state index contributed by atoms with van der Waals surface area (Å²) in [4.78, 5) is 13.9. The molecule has 0 aliphatic carbocycles. The van der Waals surface area contributed by atoms with Gasteiger partial charge in [0, 0.05) is 31.8 Å². The Balaban J connectivity index is 2.56. The Morgan fingerprint density at radius 3 is 2.79 bits per heavy atom. The maximum absolute atomic E-state index is 11.5. The number of carbonyl (C=O) groups is 1. The SMILES string of the molecule is CCOC(=O)NC1CC(CCO)CN(C(C)CC)C1. The molecule has 3 unspecified atom stereocenters. The van der Waals surface area contributed by atoms with Gasteiger partial charge in [-0.3, -0.25) is 4.90 Å². The van der Waals surface area contributed by atoms with Crippen LogP contribution >= 0.6 is 0 Å². The molecule has 5 heteroatoms. The molecular formula is C14H28N2O3. The van der Waals surface area contributed by atoms with Crippen molar-refractivity contribution in [2.24, 2.45) is 5.92 Å². The first-order valence-corrected chi connectivity index (χ1v) is 7.38. The largest absolute Gasteiger partial charge is 0.450 e. The van der Waals surface area contributed by atoms with E-state index in [1.165, 1.54) is 0 Å². The van der Waals surface area contributed by atoms with Crippen LogP contribution in [0.2, 0.25) is 0 Å². The standard InChI is InChI=1S/C14H28N2O3/c1-4-11(3)16-9-12(6-7-17)8-13(10-16)15-14(18)19-5-2/h11-13,17H,4-10H2,1-3H3,(H,15,18). The van der Waals surface area contributed by atoms with Crippen LogP contribution in [-0.2, 0) is 4.74 Å². The monoisotopic (exact) mass is 272 g/mol. The summed E-state index contributed by atoms with van der Waals surface area (Å²) in [6.45, 7) is 8.68. The molecule has 19 heavy (non-hydrogen) atoms. The van der Waals surface area contributed by atoms with Crippen LogP contribution in [0.1, 0.15) is 40.0 Å². The van der Waals surface area contributed by atoms with Crippen molar-refractivity contribution in [3.63, 3.8) is 0 Å². The van der Waals surface area contributed by atoms with E-state index < -0.39 is 0 Å². The van der Waals surface area contributed by atoms with E-state index in [2.05, 4.69) is 24.1 Å². The highest BCUT2D eigenvalue weighted by molar-refractivity contribution is 5.67. The summed E-state index contributed by atoms with van der Waals surface area (Å²) in [5.74, 6) is 0.444. The number of nitrogens with zero attached hydrogens (tertiary/aromatic N) is 1. The second-order valence-electron chi connectivity index (χ2n) is 5.39. The van der Waals surface area contributed by atoms with Gasteiger partial charge in [-0.1, -0.05) is 6.92 Å². The van der Waals surface area contributed by atoms with E-state index in [1.807, 2.05) is 0 Å². The number of rotatable bonds is 6. The minimum absolute atomic E-state index is 0.123. The van der Waals surface area contributed by atoms with Crippen molar-refractivity contribution in [3.05, 3.63) is 0 Å². The molecule has 5 nitrogen and oxygen atoms in total. The van der Waals surface area contributed by atoms with E-state index in [-0.39, 0.29) is 18.7 Å². The molecule has 112 valence electrons. The zero-order valence-corrected chi connectivity index (χ0v) is 12.4. The van der Waals surface area contributed by atoms with Crippen LogP contribution in [0.5, 0.6) is 0 Å². The Bertz CT molecular complexity index is 273. The molecule has 2 N–H and O–H groups in total. The molecule has 1 fully saturated rings. The van der Waals surface area contributed by atoms with Crippen LogP contribution < -0.4 is 5.32 Å². The number of nitrogens with one attached hydrogen (secondary N) is 1. The van der Waals surface area contributed by atoms with Gasteiger partial charge < -0.3 is 15.2 Å². The van der Waals surface area contributed by atoms with Crippen molar-refractivity contribution >= 4 is 6.09 Å². The van der Waals surface area contributed by atoms with E-state index >= 15 is 0 Å². The summed E-state index contributed by atoms with van der Waals surface area (Å²) in [6.07, 6.45) is 2.49. The van der Waals surface area contributed by atoms with Crippen LogP contribution in [0, 0.1) is 5.92 Å². The summed E-state index contributed by atoms with van der Waals surface area (Å²) in [7, 11) is 0. The van der Waals surface area contributed by atoms with Gasteiger partial charge in [0.2, 0.25) is 0 Å². The molecule has 0 aromatic rings. The van der Waals surface area contributed by atoms with Gasteiger partial charge in [-0.05, 0) is 39.0 Å². The third-order valence-electron chi connectivity index (χ3n) is 3.91. The number of hydrogen-bond donors (Lipinski definition) is 2. The van der Waals surface area contributed by atoms with Crippen LogP contribution in [0.3, 0.4) is 0 Å². The zero-order valence-electron chi connectivity index (χ0n) is 12.4. The predicted octanol–water partition coefficient (Wildman–Crippen LogP) is 1.60. The number of piperidine rings is 1. The Kier molecular flexibility index (Phi) is 7.16. The highest BCUT2D eigenvalue weighted by Crippen LogP contribution is 2.22. The Morgan fingerprint density at radius 1 is 1.47 bits per heavy atom. The first-order valence-electron chi connectivity index (χ1n) is 7.38. The van der Waals surface area contributed by atoms with E-state index in [9.17, 15) is 4.79 Å². The van der Waals surface area contributed by atoms with E-state index in [0.717, 1.165) is 32.4 Å². The van der Waals surface area contributed by atoms with Gasteiger partial charge >= 0.3 is 6.09 Å². The van der Waals surface area contributed by atoms with Crippen LogP contribution in [0.25, 0.3) is 0 Å². The zero-order chi connectivity index (χ0) is 14.3. The Morgan fingerprint density at radius 2 is 2.21 bits per heavy atom. The van der Waals surface area contributed by atoms with Gasteiger partial charge in [0.05, 0.1) is 6.61 Å². The molecule has 0 radical (unpaired) electrons. The minimum Gasteiger partial charge on any atom is -0.450 e. The fourth-order valence-electron chi connectivity index (χ4n) is 2.69. The van der Waals surface area contributed by atoms with E-state index in [1.54, 1.807) is 6.92 Å². The van der Waals surface area contributed by atoms with Crippen molar-refractivity contribution in [2.75, 3.05) is 26.3 Å². The number of aliphatic hydroxyl groups excluding tert-OH is 1. The highest BCUT2D eigenvalue weighted by atomic mass is 16.5. The fraction of sp³-hybridized carbons (Fsp3) is 0.929. The number of likely N-dealkylation sites (tertiary alicyclic amines) is 1. The fourth-order valence-corrected chi connectivity index (χ4v) is 2.69. The lowest BCUT2D eigenvalue weighted by Gasteiger charge is -2.40. The van der Waals surface area contributed by atoms with Gasteiger partial charge in [-0.15, -0.1) is 0 Å². The normalized spacial score (nSPS) is 25.9. The van der Waals surface area contributed by atoms with E-state index in [0.29, 0.717) is 18.6 Å². The molecule has 1 heterocycles. The molecule has 1 saturated heterocycles. The molecule has 0 saturated carbocycles. The van der Waals surface area contributed by atoms with Crippen LogP contribution in [-0.4, -0.2) is 54.5 Å². The van der Waals surface area contributed by atoms with Crippen LogP contribution in [0.4, 0.5) is 4.79 Å². The van der Waals surface area contributed by atoms with Gasteiger partial charge in [0.1, 0.15) is 0 Å². The first kappa shape index (κ1) is 16.2. The predicted molar refractivity (Wildman–Crippen MR) is 75.1 cm³/mol. The average molecular weight is 272 g/mol. The Hall–Kier alpha value is -0.810. The van der Waals surface area contributed by atoms with Crippen LogP contribution in [0.15, 0.2) is 0 Å². The van der Waals surface area contributed by atoms with Crippen molar-refractivity contribution in [2.45, 2.75) is 52.1 Å². The molecule has 0 aromatic heterocycles. The summed E-state index contributed by atoms with van der Waals surface area (Å²) < 4.78 is 4.94. The topological polar surface area (TPSA) is 61.8 Å². The maximum Gasteiger partial charge on any atom is 0.407 e. The first-order chi connectivity index (χ1) is 9.10. The summed E-state index contributed by atoms with van der Waals surface area (Å²) in [6, 6.07) is 0.631. The molecule has 3 atom stereocenters. The van der Waals surface area contributed by atoms with Gasteiger partial charge in [-0.25, -0.2) is 4.79 Å². The molecule has 1 rings (SSSR count). The number of aliphatic hydroxyl groups is 1. The lowest BCUT2D eigenvalue weighted by Crippen LogP contribution is -2.53. The van der Waals surface area contributed by atoms with Gasteiger partial charge in [0.25, 0.3) is 0 Å². The quantitative estimate of drug-likeness (QED) is 0.771. The third kappa shape index (κ3) is 5.37.